The fourth-order valence-corrected chi connectivity index (χ4v) is 3.72. The number of alkyl halides is 3. The summed E-state index contributed by atoms with van der Waals surface area (Å²) >= 11 is 0. The molecular formula is C21H24F3N5O3. The van der Waals surface area contributed by atoms with E-state index in [0.29, 0.717) is 69.8 Å². The van der Waals surface area contributed by atoms with Crippen molar-refractivity contribution in [1.29, 1.82) is 0 Å². The van der Waals surface area contributed by atoms with Crippen molar-refractivity contribution in [3.63, 3.8) is 0 Å². The van der Waals surface area contributed by atoms with Crippen LogP contribution in [0.5, 0.6) is 0 Å². The molecule has 0 aliphatic carbocycles. The number of amides is 1. The van der Waals surface area contributed by atoms with Crippen molar-refractivity contribution in [2.24, 2.45) is 0 Å². The summed E-state index contributed by atoms with van der Waals surface area (Å²) in [4.78, 5) is 23.7. The van der Waals surface area contributed by atoms with Gasteiger partial charge >= 0.3 is 6.18 Å². The lowest BCUT2D eigenvalue weighted by Gasteiger charge is -2.32. The van der Waals surface area contributed by atoms with Gasteiger partial charge in [0, 0.05) is 38.7 Å². The Morgan fingerprint density at radius 1 is 0.938 bits per heavy atom. The summed E-state index contributed by atoms with van der Waals surface area (Å²) in [5, 5.41) is 2.32. The van der Waals surface area contributed by atoms with Crippen molar-refractivity contribution in [1.82, 2.24) is 9.97 Å². The molecule has 0 spiro atoms. The van der Waals surface area contributed by atoms with E-state index in [9.17, 15) is 18.0 Å². The largest absolute Gasteiger partial charge is 0.434 e. The van der Waals surface area contributed by atoms with Crippen LogP contribution in [0.4, 0.5) is 30.6 Å². The van der Waals surface area contributed by atoms with Gasteiger partial charge in [-0.3, -0.25) is 4.79 Å². The Labute approximate surface area is 183 Å². The Kier molecular flexibility index (Phi) is 6.47. The maximum absolute atomic E-state index is 13.9. The summed E-state index contributed by atoms with van der Waals surface area (Å²) in [6.45, 7) is 5.73. The second-order valence-electron chi connectivity index (χ2n) is 7.54. The van der Waals surface area contributed by atoms with Crippen LogP contribution in [0.3, 0.4) is 0 Å². The molecular weight excluding hydrogens is 427 g/mol. The Balaban J connectivity index is 1.81. The average molecular weight is 451 g/mol. The summed E-state index contributed by atoms with van der Waals surface area (Å²) in [6.07, 6.45) is -4.70. The molecule has 2 saturated heterocycles. The first-order valence-electron chi connectivity index (χ1n) is 10.3. The molecule has 4 rings (SSSR count). The molecule has 4 heterocycles. The molecule has 0 atom stereocenters. The third kappa shape index (κ3) is 5.10. The first kappa shape index (κ1) is 22.3. The number of nitrogens with zero attached hydrogens (tertiary/aromatic N) is 4. The van der Waals surface area contributed by atoms with E-state index >= 15 is 0 Å². The van der Waals surface area contributed by atoms with Crippen LogP contribution in [0, 0.1) is 0 Å². The molecule has 2 aromatic heterocycles. The van der Waals surface area contributed by atoms with Gasteiger partial charge in [0.1, 0.15) is 17.5 Å². The van der Waals surface area contributed by atoms with Crippen LogP contribution in [0.2, 0.25) is 0 Å². The summed E-state index contributed by atoms with van der Waals surface area (Å²) < 4.78 is 52.6. The summed E-state index contributed by atoms with van der Waals surface area (Å²) in [5.41, 5.74) is -0.772. The molecule has 0 radical (unpaired) electrons. The van der Waals surface area contributed by atoms with Gasteiger partial charge in [-0.1, -0.05) is 0 Å². The number of halogens is 3. The molecule has 11 heteroatoms. The van der Waals surface area contributed by atoms with Crippen LogP contribution >= 0.6 is 0 Å². The molecule has 1 amide bonds. The highest BCUT2D eigenvalue weighted by atomic mass is 19.4. The molecule has 0 saturated carbocycles. The standard InChI is InChI=1S/C21H24F3N5O3/c1-14(30)25-17-3-2-16(20(26-17)21(22,23)24)15-12-18(28-4-8-31-9-5-28)27-19(13-15)29-6-10-32-11-7-29/h2-3,12-13H,4-11H2,1H3,(H,25,26,30). The number of aromatic nitrogens is 2. The predicted molar refractivity (Wildman–Crippen MR) is 113 cm³/mol. The first-order chi connectivity index (χ1) is 15.3. The van der Waals surface area contributed by atoms with Crippen molar-refractivity contribution >= 4 is 23.4 Å². The van der Waals surface area contributed by atoms with E-state index in [0.717, 1.165) is 0 Å². The van der Waals surface area contributed by atoms with Gasteiger partial charge in [0.05, 0.1) is 26.4 Å². The first-order valence-corrected chi connectivity index (χ1v) is 10.3. The van der Waals surface area contributed by atoms with Crippen LogP contribution in [-0.2, 0) is 20.4 Å². The highest BCUT2D eigenvalue weighted by Crippen LogP contribution is 2.38. The highest BCUT2D eigenvalue weighted by molar-refractivity contribution is 5.88. The molecule has 0 aromatic carbocycles. The second-order valence-corrected chi connectivity index (χ2v) is 7.54. The number of morpholine rings is 2. The maximum Gasteiger partial charge on any atom is 0.434 e. The molecule has 172 valence electrons. The minimum atomic E-state index is -4.70. The quantitative estimate of drug-likeness (QED) is 0.766. The fraction of sp³-hybridized carbons (Fsp3) is 0.476. The number of pyridine rings is 2. The predicted octanol–water partition coefficient (Wildman–Crippen LogP) is 2.79. The minimum absolute atomic E-state index is 0.0713. The van der Waals surface area contributed by atoms with E-state index in [4.69, 9.17) is 14.5 Å². The maximum atomic E-state index is 13.9. The molecule has 0 unspecified atom stereocenters. The van der Waals surface area contributed by atoms with Crippen molar-refractivity contribution in [2.75, 3.05) is 67.7 Å². The van der Waals surface area contributed by atoms with Crippen LogP contribution in [0.15, 0.2) is 24.3 Å². The third-order valence-electron chi connectivity index (χ3n) is 5.25. The van der Waals surface area contributed by atoms with Crippen LogP contribution in [0.1, 0.15) is 12.6 Å². The molecule has 1 N–H and O–H groups in total. The zero-order valence-corrected chi connectivity index (χ0v) is 17.6. The zero-order chi connectivity index (χ0) is 22.7. The lowest BCUT2D eigenvalue weighted by molar-refractivity contribution is -0.140. The number of ether oxygens (including phenoxy) is 2. The van der Waals surface area contributed by atoms with E-state index in [1.54, 1.807) is 12.1 Å². The van der Waals surface area contributed by atoms with Gasteiger partial charge in [0.25, 0.3) is 0 Å². The molecule has 2 fully saturated rings. The molecule has 32 heavy (non-hydrogen) atoms. The molecule has 2 aliphatic heterocycles. The molecule has 0 bridgehead atoms. The Hall–Kier alpha value is -2.92. The van der Waals surface area contributed by atoms with Crippen LogP contribution in [-0.4, -0.2) is 68.5 Å². The van der Waals surface area contributed by atoms with Crippen molar-refractivity contribution in [3.05, 3.63) is 30.0 Å². The topological polar surface area (TPSA) is 79.8 Å². The SMILES string of the molecule is CC(=O)Nc1ccc(-c2cc(N3CCOCC3)nc(N3CCOCC3)c2)c(C(F)(F)F)n1. The van der Waals surface area contributed by atoms with Gasteiger partial charge in [-0.2, -0.15) is 13.2 Å². The monoisotopic (exact) mass is 451 g/mol. The van der Waals surface area contributed by atoms with Crippen molar-refractivity contribution < 1.29 is 27.4 Å². The third-order valence-corrected chi connectivity index (χ3v) is 5.25. The number of carbonyl (C=O) groups excluding carboxylic acids is 1. The molecule has 8 nitrogen and oxygen atoms in total. The van der Waals surface area contributed by atoms with Crippen LogP contribution < -0.4 is 15.1 Å². The molecule has 2 aromatic rings. The van der Waals surface area contributed by atoms with Gasteiger partial charge in [-0.25, -0.2) is 9.97 Å². The van der Waals surface area contributed by atoms with E-state index in [1.165, 1.54) is 19.1 Å². The lowest BCUT2D eigenvalue weighted by atomic mass is 10.0. The number of rotatable bonds is 4. The summed E-state index contributed by atoms with van der Waals surface area (Å²) in [6, 6.07) is 6.01. The van der Waals surface area contributed by atoms with E-state index in [2.05, 4.69) is 10.3 Å². The van der Waals surface area contributed by atoms with Gasteiger partial charge in [0.15, 0.2) is 5.69 Å². The van der Waals surface area contributed by atoms with Crippen molar-refractivity contribution in [2.45, 2.75) is 13.1 Å². The highest BCUT2D eigenvalue weighted by Gasteiger charge is 2.36. The summed E-state index contributed by atoms with van der Waals surface area (Å²) in [5.74, 6) is 0.536. The van der Waals surface area contributed by atoms with E-state index in [1.807, 2.05) is 9.80 Å². The van der Waals surface area contributed by atoms with Gasteiger partial charge in [-0.05, 0) is 29.8 Å². The van der Waals surface area contributed by atoms with Crippen molar-refractivity contribution in [3.8, 4) is 11.1 Å². The van der Waals surface area contributed by atoms with Crippen LogP contribution in [0.25, 0.3) is 11.1 Å². The Morgan fingerprint density at radius 3 is 1.94 bits per heavy atom. The van der Waals surface area contributed by atoms with Gasteiger partial charge in [0.2, 0.25) is 5.91 Å². The van der Waals surface area contributed by atoms with E-state index < -0.39 is 17.8 Å². The normalized spacial score (nSPS) is 17.4. The fourth-order valence-electron chi connectivity index (χ4n) is 3.72. The van der Waals surface area contributed by atoms with Gasteiger partial charge in [-0.15, -0.1) is 0 Å². The number of carbonyl (C=O) groups is 1. The summed E-state index contributed by atoms with van der Waals surface area (Å²) in [7, 11) is 0. The minimum Gasteiger partial charge on any atom is -0.378 e. The molecule has 2 aliphatic rings. The second kappa shape index (κ2) is 9.29. The lowest BCUT2D eigenvalue weighted by Crippen LogP contribution is -2.39. The smallest absolute Gasteiger partial charge is 0.378 e. The average Bonchev–Trinajstić information content (AvgIpc) is 2.79. The Bertz CT molecular complexity index is 937. The van der Waals surface area contributed by atoms with E-state index in [-0.39, 0.29) is 11.4 Å². The Morgan fingerprint density at radius 2 is 1.47 bits per heavy atom. The zero-order valence-electron chi connectivity index (χ0n) is 17.6. The number of anilines is 3. The van der Waals surface area contributed by atoms with Gasteiger partial charge < -0.3 is 24.6 Å². The number of hydrogen-bond acceptors (Lipinski definition) is 7. The number of hydrogen-bond donors (Lipinski definition) is 1. The number of nitrogens with one attached hydrogen (secondary N) is 1.